The van der Waals surface area contributed by atoms with Crippen molar-refractivity contribution in [1.82, 2.24) is 9.88 Å². The number of aromatic nitrogens is 1. The lowest BCUT2D eigenvalue weighted by Gasteiger charge is -2.19. The largest absolute Gasteiger partial charge is 0.422 e. The van der Waals surface area contributed by atoms with Gasteiger partial charge < -0.3 is 9.73 Å². The molecule has 1 aliphatic heterocycles. The Bertz CT molecular complexity index is 1050. The second-order valence-corrected chi connectivity index (χ2v) is 7.17. The first-order chi connectivity index (χ1) is 13.1. The molecule has 3 aromatic rings. The van der Waals surface area contributed by atoms with Crippen molar-refractivity contribution in [2.24, 2.45) is 0 Å². The third-order valence-corrected chi connectivity index (χ3v) is 5.10. The van der Waals surface area contributed by atoms with Crippen molar-refractivity contribution in [3.05, 3.63) is 46.3 Å². The molecule has 3 heterocycles. The van der Waals surface area contributed by atoms with E-state index in [-0.39, 0.29) is 5.91 Å². The minimum atomic E-state index is -0.406. The number of pyridine rings is 1. The predicted molar refractivity (Wildman–Crippen MR) is 106 cm³/mol. The van der Waals surface area contributed by atoms with Gasteiger partial charge in [-0.25, -0.2) is 9.78 Å². The maximum atomic E-state index is 12.5. The Kier molecular flexibility index (Phi) is 4.90. The quantitative estimate of drug-likeness (QED) is 0.568. The summed E-state index contributed by atoms with van der Waals surface area (Å²) >= 11 is 0. The average molecular weight is 365 g/mol. The Balaban J connectivity index is 1.65. The van der Waals surface area contributed by atoms with E-state index in [1.807, 2.05) is 25.1 Å². The van der Waals surface area contributed by atoms with Crippen molar-refractivity contribution in [2.45, 2.75) is 32.6 Å². The molecule has 0 atom stereocenters. The van der Waals surface area contributed by atoms with Crippen molar-refractivity contribution < 1.29 is 9.21 Å². The van der Waals surface area contributed by atoms with Gasteiger partial charge >= 0.3 is 5.63 Å². The average Bonchev–Trinajstić information content (AvgIpc) is 2.90. The smallest absolute Gasteiger partial charge is 0.346 e. The molecule has 1 N–H and O–H groups in total. The van der Waals surface area contributed by atoms with Crippen LogP contribution in [-0.2, 0) is 4.79 Å². The third-order valence-electron chi connectivity index (χ3n) is 5.10. The molecule has 0 saturated carbocycles. The number of nitrogens with zero attached hydrogens (tertiary/aromatic N) is 2. The molecule has 2 aromatic heterocycles. The number of para-hydroxylation sites is 1. The molecule has 1 aliphatic rings. The van der Waals surface area contributed by atoms with Crippen LogP contribution in [0.4, 0.5) is 5.82 Å². The van der Waals surface area contributed by atoms with Gasteiger partial charge in [-0.3, -0.25) is 9.69 Å². The van der Waals surface area contributed by atoms with Crippen LogP contribution in [0, 0.1) is 6.92 Å². The highest BCUT2D eigenvalue weighted by Crippen LogP contribution is 2.25. The van der Waals surface area contributed by atoms with Gasteiger partial charge in [0.05, 0.1) is 17.4 Å². The molecule has 140 valence electrons. The predicted octanol–water partition coefficient (Wildman–Crippen LogP) is 3.46. The summed E-state index contributed by atoms with van der Waals surface area (Å²) in [5, 5.41) is 4.12. The van der Waals surface area contributed by atoms with Crippen molar-refractivity contribution in [3.63, 3.8) is 0 Å². The molecule has 6 heteroatoms. The van der Waals surface area contributed by atoms with E-state index in [1.54, 1.807) is 12.1 Å². The monoisotopic (exact) mass is 365 g/mol. The highest BCUT2D eigenvalue weighted by atomic mass is 16.4. The number of hydrogen-bond donors (Lipinski definition) is 1. The molecule has 0 radical (unpaired) electrons. The van der Waals surface area contributed by atoms with Crippen molar-refractivity contribution in [2.75, 3.05) is 25.0 Å². The third kappa shape index (κ3) is 3.71. The first kappa shape index (κ1) is 17.7. The lowest BCUT2D eigenvalue weighted by Crippen LogP contribution is -2.34. The van der Waals surface area contributed by atoms with Crippen LogP contribution in [0.3, 0.4) is 0 Å². The van der Waals surface area contributed by atoms with Gasteiger partial charge in [-0.15, -0.1) is 0 Å². The van der Waals surface area contributed by atoms with Gasteiger partial charge in [0.25, 0.3) is 0 Å². The number of rotatable bonds is 3. The fourth-order valence-corrected chi connectivity index (χ4v) is 3.77. The Morgan fingerprint density at radius 1 is 1.19 bits per heavy atom. The highest BCUT2D eigenvalue weighted by Gasteiger charge is 2.16. The van der Waals surface area contributed by atoms with Crippen molar-refractivity contribution in [3.8, 4) is 0 Å². The number of benzene rings is 1. The summed E-state index contributed by atoms with van der Waals surface area (Å²) in [6.07, 6.45) is 4.75. The second kappa shape index (κ2) is 7.48. The van der Waals surface area contributed by atoms with Crippen LogP contribution >= 0.6 is 0 Å². The molecule has 1 amide bonds. The molecule has 27 heavy (non-hydrogen) atoms. The summed E-state index contributed by atoms with van der Waals surface area (Å²) in [5.41, 5.74) is 1.39. The lowest BCUT2D eigenvalue weighted by atomic mass is 10.1. The molecular weight excluding hydrogens is 342 g/mol. The number of nitrogens with one attached hydrogen (secondary N) is 1. The zero-order chi connectivity index (χ0) is 18.8. The first-order valence-corrected chi connectivity index (χ1v) is 9.47. The van der Waals surface area contributed by atoms with Gasteiger partial charge in [-0.2, -0.15) is 0 Å². The van der Waals surface area contributed by atoms with E-state index in [4.69, 9.17) is 4.42 Å². The normalized spacial score (nSPS) is 15.7. The maximum absolute atomic E-state index is 12.5. The summed E-state index contributed by atoms with van der Waals surface area (Å²) in [6.45, 7) is 4.13. The number of carbonyl (C=O) groups excluding carboxylic acids is 1. The molecule has 1 saturated heterocycles. The highest BCUT2D eigenvalue weighted by molar-refractivity contribution is 6.04. The van der Waals surface area contributed by atoms with E-state index in [1.165, 1.54) is 12.8 Å². The number of carbonyl (C=O) groups is 1. The minimum Gasteiger partial charge on any atom is -0.422 e. The van der Waals surface area contributed by atoms with E-state index in [2.05, 4.69) is 15.2 Å². The summed E-state index contributed by atoms with van der Waals surface area (Å²) in [7, 11) is 0. The van der Waals surface area contributed by atoms with Gasteiger partial charge in [-0.05, 0) is 56.6 Å². The Morgan fingerprint density at radius 2 is 1.93 bits per heavy atom. The number of hydrogen-bond acceptors (Lipinski definition) is 5. The van der Waals surface area contributed by atoms with Crippen LogP contribution < -0.4 is 10.9 Å². The summed E-state index contributed by atoms with van der Waals surface area (Å²) in [5.74, 6) is 0.394. The van der Waals surface area contributed by atoms with Crippen molar-refractivity contribution >= 4 is 33.6 Å². The standard InChI is InChI=1S/C21H23N3O3/c1-14-12-17(22-18(25)13-24-10-6-2-3-7-11-24)23-20-15-8-4-5-9-16(15)27-21(26)19(14)20/h4-5,8-9,12H,2-3,6-7,10-11,13H2,1H3,(H,22,23,25). The fraction of sp³-hybridized carbons (Fsp3) is 0.381. The summed E-state index contributed by atoms with van der Waals surface area (Å²) in [4.78, 5) is 31.6. The fourth-order valence-electron chi connectivity index (χ4n) is 3.77. The zero-order valence-electron chi connectivity index (χ0n) is 15.5. The maximum Gasteiger partial charge on any atom is 0.346 e. The first-order valence-electron chi connectivity index (χ1n) is 9.47. The van der Waals surface area contributed by atoms with Crippen LogP contribution in [0.5, 0.6) is 0 Å². The second-order valence-electron chi connectivity index (χ2n) is 7.17. The Morgan fingerprint density at radius 3 is 2.70 bits per heavy atom. The van der Waals surface area contributed by atoms with E-state index < -0.39 is 5.63 Å². The lowest BCUT2D eigenvalue weighted by molar-refractivity contribution is -0.117. The summed E-state index contributed by atoms with van der Waals surface area (Å²) < 4.78 is 5.40. The molecule has 4 rings (SSSR count). The van der Waals surface area contributed by atoms with Gasteiger partial charge in [0, 0.05) is 5.39 Å². The molecule has 0 bridgehead atoms. The van der Waals surface area contributed by atoms with Crippen molar-refractivity contribution in [1.29, 1.82) is 0 Å². The topological polar surface area (TPSA) is 75.4 Å². The van der Waals surface area contributed by atoms with E-state index in [9.17, 15) is 9.59 Å². The number of amides is 1. The van der Waals surface area contributed by atoms with Gasteiger partial charge in [-0.1, -0.05) is 25.0 Å². The van der Waals surface area contributed by atoms with Gasteiger partial charge in [0.1, 0.15) is 11.4 Å². The van der Waals surface area contributed by atoms with Crippen LogP contribution in [0.2, 0.25) is 0 Å². The minimum absolute atomic E-state index is 0.0737. The molecule has 0 unspecified atom stereocenters. The number of anilines is 1. The van der Waals surface area contributed by atoms with E-state index in [0.29, 0.717) is 28.8 Å². The molecule has 0 spiro atoms. The Labute approximate surface area is 157 Å². The molecule has 0 aliphatic carbocycles. The SMILES string of the molecule is Cc1cc(NC(=O)CN2CCCCCC2)nc2c1c(=O)oc1ccccc12. The molecule has 1 aromatic carbocycles. The van der Waals surface area contributed by atoms with Crippen LogP contribution in [0.15, 0.2) is 39.5 Å². The Hall–Kier alpha value is -2.73. The van der Waals surface area contributed by atoms with E-state index in [0.717, 1.165) is 36.9 Å². The number of aryl methyl sites for hydroxylation is 1. The van der Waals surface area contributed by atoms with E-state index >= 15 is 0 Å². The molecule has 1 fully saturated rings. The number of fused-ring (bicyclic) bond motifs is 3. The zero-order valence-corrected chi connectivity index (χ0v) is 15.5. The molecule has 6 nitrogen and oxygen atoms in total. The van der Waals surface area contributed by atoms with Crippen LogP contribution in [0.25, 0.3) is 21.9 Å². The van der Waals surface area contributed by atoms with Gasteiger partial charge in [0.2, 0.25) is 5.91 Å². The van der Waals surface area contributed by atoms with Crippen LogP contribution in [-0.4, -0.2) is 35.4 Å². The summed E-state index contributed by atoms with van der Waals surface area (Å²) in [6, 6.07) is 9.04. The van der Waals surface area contributed by atoms with Gasteiger partial charge in [0.15, 0.2) is 0 Å². The van der Waals surface area contributed by atoms with Crippen LogP contribution in [0.1, 0.15) is 31.2 Å². The molecular formula is C21H23N3O3. The number of likely N-dealkylation sites (tertiary alicyclic amines) is 1.